The van der Waals surface area contributed by atoms with Gasteiger partial charge in [-0.15, -0.1) is 5.10 Å². The number of nitrogen functional groups attached to an aromatic ring is 1. The van der Waals surface area contributed by atoms with E-state index in [0.29, 0.717) is 18.1 Å². The number of rotatable bonds is 6. The summed E-state index contributed by atoms with van der Waals surface area (Å²) in [5.41, 5.74) is 10.3. The molecule has 5 nitrogen and oxygen atoms in total. The van der Waals surface area contributed by atoms with Crippen LogP contribution in [0.5, 0.6) is 0 Å². The first kappa shape index (κ1) is 21.3. The van der Waals surface area contributed by atoms with Crippen LogP contribution in [0.15, 0.2) is 71.4 Å². The minimum Gasteiger partial charge on any atom is -0.398 e. The molecule has 0 saturated heterocycles. The second-order valence-electron chi connectivity index (χ2n) is 7.95. The lowest BCUT2D eigenvalue weighted by Gasteiger charge is -2.26. The van der Waals surface area contributed by atoms with Crippen LogP contribution < -0.4 is 16.4 Å². The summed E-state index contributed by atoms with van der Waals surface area (Å²) in [6.45, 7) is 8.84. The lowest BCUT2D eigenvalue weighted by atomic mass is 9.84. The number of anilines is 1. The van der Waals surface area contributed by atoms with Crippen molar-refractivity contribution in [2.45, 2.75) is 25.2 Å². The van der Waals surface area contributed by atoms with Crippen molar-refractivity contribution in [2.24, 2.45) is 10.2 Å². The molecule has 0 radical (unpaired) electrons. The SMILES string of the molecule is C=C(NC)c1cc(C2C=CC(NCC(C)(C)c3ccc(F)cc3)=NN=C2)ccc1N. The van der Waals surface area contributed by atoms with Crippen molar-refractivity contribution in [3.05, 3.63) is 83.7 Å². The third kappa shape index (κ3) is 4.95. The molecule has 1 heterocycles. The normalized spacial score (nSPS) is 16.0. The molecule has 0 aromatic heterocycles. The van der Waals surface area contributed by atoms with Crippen LogP contribution in [-0.4, -0.2) is 25.6 Å². The van der Waals surface area contributed by atoms with Crippen molar-refractivity contribution in [1.29, 1.82) is 0 Å². The van der Waals surface area contributed by atoms with Crippen LogP contribution in [0.4, 0.5) is 10.1 Å². The number of nitrogens with zero attached hydrogens (tertiary/aromatic N) is 2. The summed E-state index contributed by atoms with van der Waals surface area (Å²) in [4.78, 5) is 0. The molecule has 0 bridgehead atoms. The van der Waals surface area contributed by atoms with Gasteiger partial charge in [0.25, 0.3) is 0 Å². The van der Waals surface area contributed by atoms with Crippen molar-refractivity contribution in [1.82, 2.24) is 10.6 Å². The molecule has 0 amide bonds. The molecule has 1 aliphatic heterocycles. The zero-order valence-electron chi connectivity index (χ0n) is 17.6. The number of benzene rings is 2. The molecule has 1 aliphatic rings. The molecule has 2 aromatic carbocycles. The van der Waals surface area contributed by atoms with E-state index in [4.69, 9.17) is 5.73 Å². The Kier molecular flexibility index (Phi) is 6.35. The Morgan fingerprint density at radius 3 is 2.63 bits per heavy atom. The Balaban J connectivity index is 1.70. The van der Waals surface area contributed by atoms with Gasteiger partial charge in [0.15, 0.2) is 0 Å². The second-order valence-corrected chi connectivity index (χ2v) is 7.95. The summed E-state index contributed by atoms with van der Waals surface area (Å²) < 4.78 is 13.2. The lowest BCUT2D eigenvalue weighted by molar-refractivity contribution is 0.511. The number of halogens is 1. The van der Waals surface area contributed by atoms with Crippen LogP contribution in [0.1, 0.15) is 36.5 Å². The van der Waals surface area contributed by atoms with E-state index in [0.717, 1.165) is 22.4 Å². The summed E-state index contributed by atoms with van der Waals surface area (Å²) in [6.07, 6.45) is 5.78. The van der Waals surface area contributed by atoms with E-state index < -0.39 is 0 Å². The van der Waals surface area contributed by atoms with Gasteiger partial charge in [0, 0.05) is 48.1 Å². The van der Waals surface area contributed by atoms with Gasteiger partial charge < -0.3 is 16.4 Å². The number of hydrogen-bond acceptors (Lipinski definition) is 5. The molecule has 3 rings (SSSR count). The predicted molar refractivity (Wildman–Crippen MR) is 124 cm³/mol. The van der Waals surface area contributed by atoms with E-state index in [9.17, 15) is 4.39 Å². The van der Waals surface area contributed by atoms with Gasteiger partial charge in [0.2, 0.25) is 0 Å². The fourth-order valence-corrected chi connectivity index (χ4v) is 3.23. The van der Waals surface area contributed by atoms with Gasteiger partial charge in [-0.3, -0.25) is 0 Å². The Bertz CT molecular complexity index is 1000. The Morgan fingerprint density at radius 2 is 1.93 bits per heavy atom. The summed E-state index contributed by atoms with van der Waals surface area (Å²) in [7, 11) is 1.82. The Morgan fingerprint density at radius 1 is 1.20 bits per heavy atom. The quantitative estimate of drug-likeness (QED) is 0.631. The first-order valence-corrected chi connectivity index (χ1v) is 9.86. The molecule has 0 saturated carbocycles. The predicted octanol–water partition coefficient (Wildman–Crippen LogP) is 4.20. The van der Waals surface area contributed by atoms with Gasteiger partial charge in [-0.05, 0) is 41.5 Å². The Labute approximate surface area is 177 Å². The highest BCUT2D eigenvalue weighted by molar-refractivity contribution is 5.95. The fourth-order valence-electron chi connectivity index (χ4n) is 3.23. The van der Waals surface area contributed by atoms with E-state index in [1.807, 2.05) is 49.5 Å². The van der Waals surface area contributed by atoms with Gasteiger partial charge in [-0.25, -0.2) is 4.39 Å². The highest BCUT2D eigenvalue weighted by Gasteiger charge is 2.21. The topological polar surface area (TPSA) is 74.8 Å². The van der Waals surface area contributed by atoms with Crippen molar-refractivity contribution < 1.29 is 4.39 Å². The van der Waals surface area contributed by atoms with Crippen LogP contribution in [0.3, 0.4) is 0 Å². The zero-order chi connectivity index (χ0) is 21.7. The first-order chi connectivity index (χ1) is 14.3. The van der Waals surface area contributed by atoms with Crippen LogP contribution in [0.2, 0.25) is 0 Å². The monoisotopic (exact) mass is 405 g/mol. The van der Waals surface area contributed by atoms with Crippen molar-refractivity contribution in [2.75, 3.05) is 19.3 Å². The van der Waals surface area contributed by atoms with E-state index in [1.54, 1.807) is 6.21 Å². The molecule has 4 N–H and O–H groups in total. The second kappa shape index (κ2) is 8.95. The molecule has 6 heteroatoms. The number of amidine groups is 1. The number of nitrogens with two attached hydrogens (primary N) is 1. The van der Waals surface area contributed by atoms with Crippen molar-refractivity contribution in [3.8, 4) is 0 Å². The minimum absolute atomic E-state index is 0.0258. The third-order valence-electron chi connectivity index (χ3n) is 5.28. The molecule has 30 heavy (non-hydrogen) atoms. The standard InChI is InChI=1S/C24H28FN5/c1-16(27-4)21-13-17(5-11-22(21)26)18-6-12-23(30-29-14-18)28-15-24(2,3)19-7-9-20(25)10-8-19/h5-14,18,27H,1,15,26H2,2-4H3,(H,28,30). The summed E-state index contributed by atoms with van der Waals surface area (Å²) in [6, 6.07) is 12.5. The first-order valence-electron chi connectivity index (χ1n) is 9.86. The van der Waals surface area contributed by atoms with Crippen LogP contribution in [0, 0.1) is 5.82 Å². The molecule has 1 unspecified atom stereocenters. The average molecular weight is 406 g/mol. The van der Waals surface area contributed by atoms with Crippen LogP contribution in [0.25, 0.3) is 5.70 Å². The van der Waals surface area contributed by atoms with Gasteiger partial charge >= 0.3 is 0 Å². The smallest absolute Gasteiger partial charge is 0.148 e. The average Bonchev–Trinajstić information content (AvgIpc) is 2.98. The van der Waals surface area contributed by atoms with Crippen molar-refractivity contribution in [3.63, 3.8) is 0 Å². The summed E-state index contributed by atoms with van der Waals surface area (Å²) in [5, 5.41) is 14.9. The highest BCUT2D eigenvalue weighted by atomic mass is 19.1. The highest BCUT2D eigenvalue weighted by Crippen LogP contribution is 2.26. The van der Waals surface area contributed by atoms with E-state index in [2.05, 4.69) is 41.3 Å². The number of allylic oxidation sites excluding steroid dienone is 1. The van der Waals surface area contributed by atoms with Gasteiger partial charge in [-0.2, -0.15) is 5.10 Å². The fraction of sp³-hybridized carbons (Fsp3) is 0.250. The molecule has 0 fully saturated rings. The minimum atomic E-state index is -0.233. The molecule has 0 spiro atoms. The van der Waals surface area contributed by atoms with Crippen LogP contribution in [-0.2, 0) is 5.41 Å². The lowest BCUT2D eigenvalue weighted by Crippen LogP contribution is -2.35. The number of nitrogens with one attached hydrogen (secondary N) is 2. The maximum atomic E-state index is 13.2. The van der Waals surface area contributed by atoms with Crippen LogP contribution >= 0.6 is 0 Å². The number of hydrogen-bond donors (Lipinski definition) is 3. The maximum absolute atomic E-state index is 13.2. The molecule has 1 atom stereocenters. The molecule has 156 valence electrons. The largest absolute Gasteiger partial charge is 0.398 e. The van der Waals surface area contributed by atoms with Gasteiger partial charge in [0.05, 0.1) is 0 Å². The summed E-state index contributed by atoms with van der Waals surface area (Å²) in [5.74, 6) is 0.421. The van der Waals surface area contributed by atoms with E-state index >= 15 is 0 Å². The molecule has 2 aromatic rings. The molecule has 0 aliphatic carbocycles. The van der Waals surface area contributed by atoms with Gasteiger partial charge in [0.1, 0.15) is 11.7 Å². The van der Waals surface area contributed by atoms with Crippen molar-refractivity contribution >= 4 is 23.4 Å². The Hall–Kier alpha value is -3.41. The summed E-state index contributed by atoms with van der Waals surface area (Å²) >= 11 is 0. The van der Waals surface area contributed by atoms with Gasteiger partial charge in [-0.1, -0.05) is 44.7 Å². The van der Waals surface area contributed by atoms with E-state index in [-0.39, 0.29) is 17.2 Å². The third-order valence-corrected chi connectivity index (χ3v) is 5.28. The molecular weight excluding hydrogens is 377 g/mol. The van der Waals surface area contributed by atoms with E-state index in [1.165, 1.54) is 12.1 Å². The molecular formula is C24H28FN5. The maximum Gasteiger partial charge on any atom is 0.148 e. The zero-order valence-corrected chi connectivity index (χ0v) is 17.6.